The molecule has 62 heavy (non-hydrogen) atoms. The fourth-order valence-electron chi connectivity index (χ4n) is 9.37. The highest BCUT2D eigenvalue weighted by Gasteiger charge is 2.24. The highest BCUT2D eigenvalue weighted by molar-refractivity contribution is 6.25. The molecule has 0 unspecified atom stereocenters. The van der Waals surface area contributed by atoms with Crippen molar-refractivity contribution in [3.63, 3.8) is 0 Å². The molecule has 4 heteroatoms. The van der Waals surface area contributed by atoms with E-state index in [-0.39, 0.29) is 5.82 Å². The molecule has 292 valence electrons. The van der Waals surface area contributed by atoms with Gasteiger partial charge in [-0.25, -0.2) is 4.39 Å². The molecule has 0 radical (unpaired) electrons. The molecule has 0 fully saturated rings. The third-order valence-electron chi connectivity index (χ3n) is 12.2. The Morgan fingerprint density at radius 1 is 0.452 bits per heavy atom. The molecule has 10 aromatic carbocycles. The van der Waals surface area contributed by atoms with Gasteiger partial charge in [-0.2, -0.15) is 0 Å². The second-order valence-corrected chi connectivity index (χ2v) is 15.8. The molecule has 0 aliphatic heterocycles. The van der Waals surface area contributed by atoms with E-state index < -0.39 is 0 Å². The van der Waals surface area contributed by atoms with Crippen LogP contribution in [0.5, 0.6) is 0 Å². The van der Waals surface area contributed by atoms with E-state index in [9.17, 15) is 0 Å². The number of fused-ring (bicyclic) bond motifs is 3. The quantitative estimate of drug-likeness (QED) is 0.113. The van der Waals surface area contributed by atoms with Crippen molar-refractivity contribution in [1.82, 2.24) is 4.57 Å². The summed E-state index contributed by atoms with van der Waals surface area (Å²) < 4.78 is 26.1. The number of hydrogen-bond acceptors (Lipinski definition) is 2. The van der Waals surface area contributed by atoms with Crippen LogP contribution in [0.25, 0.3) is 94.6 Å². The van der Waals surface area contributed by atoms with Crippen LogP contribution in [0.3, 0.4) is 0 Å². The van der Waals surface area contributed by atoms with Gasteiger partial charge < -0.3 is 13.9 Å². The van der Waals surface area contributed by atoms with E-state index in [1.807, 2.05) is 102 Å². The largest absolute Gasteiger partial charge is 0.456 e. The first-order chi connectivity index (χ1) is 30.7. The van der Waals surface area contributed by atoms with Crippen LogP contribution in [0.1, 0.15) is 11.1 Å². The maximum absolute atomic E-state index is 17.0. The molecular formula is C58H37FN2O. The number of hydrogen-bond donors (Lipinski definition) is 0. The molecule has 0 bridgehead atoms. The van der Waals surface area contributed by atoms with E-state index in [1.54, 1.807) is 6.07 Å². The lowest BCUT2D eigenvalue weighted by atomic mass is 9.95. The molecule has 2 heterocycles. The summed E-state index contributed by atoms with van der Waals surface area (Å²) in [5.74, 6) is -0.318. The zero-order chi connectivity index (χ0) is 41.1. The second kappa shape index (κ2) is 14.5. The topological polar surface area (TPSA) is 21.3 Å². The monoisotopic (exact) mass is 796 g/mol. The number of para-hydroxylation sites is 2. The fraction of sp³-hybridized carbons (Fsp3) is 0. The minimum absolute atomic E-state index is 0.318. The van der Waals surface area contributed by atoms with E-state index >= 15 is 4.39 Å². The molecule has 2 aromatic heterocycles. The van der Waals surface area contributed by atoms with Gasteiger partial charge in [-0.15, -0.1) is 0 Å². The van der Waals surface area contributed by atoms with Crippen LogP contribution >= 0.6 is 0 Å². The summed E-state index contributed by atoms with van der Waals surface area (Å²) in [5, 5.41) is 7.05. The van der Waals surface area contributed by atoms with Crippen molar-refractivity contribution in [2.45, 2.75) is 0 Å². The molecule has 0 aliphatic carbocycles. The summed E-state index contributed by atoms with van der Waals surface area (Å²) in [4.78, 5) is 2.01. The van der Waals surface area contributed by atoms with Gasteiger partial charge in [0.15, 0.2) is 0 Å². The number of halogens is 1. The van der Waals surface area contributed by atoms with Crippen molar-refractivity contribution in [2.75, 3.05) is 4.90 Å². The zero-order valence-corrected chi connectivity index (χ0v) is 33.5. The average Bonchev–Trinajstić information content (AvgIpc) is 3.87. The Morgan fingerprint density at radius 2 is 1.11 bits per heavy atom. The van der Waals surface area contributed by atoms with E-state index in [2.05, 4.69) is 126 Å². The summed E-state index contributed by atoms with van der Waals surface area (Å²) >= 11 is 0. The van der Waals surface area contributed by atoms with Crippen molar-refractivity contribution < 1.29 is 8.81 Å². The predicted molar refractivity (Wildman–Crippen MR) is 258 cm³/mol. The minimum atomic E-state index is -0.318. The van der Waals surface area contributed by atoms with Crippen molar-refractivity contribution in [2.24, 2.45) is 0 Å². The number of anilines is 3. The van der Waals surface area contributed by atoms with Gasteiger partial charge in [-0.3, -0.25) is 0 Å². The first-order valence-corrected chi connectivity index (χ1v) is 20.9. The zero-order valence-electron chi connectivity index (χ0n) is 33.5. The highest BCUT2D eigenvalue weighted by Crippen LogP contribution is 2.46. The molecule has 12 rings (SSSR count). The molecule has 0 aliphatic rings. The molecule has 3 nitrogen and oxygen atoms in total. The smallest absolute Gasteiger partial charge is 0.148 e. The van der Waals surface area contributed by atoms with Gasteiger partial charge in [0, 0.05) is 44.5 Å². The number of benzene rings is 10. The summed E-state index contributed by atoms with van der Waals surface area (Å²) in [6, 6.07) is 72.5. The van der Waals surface area contributed by atoms with Crippen molar-refractivity contribution in [3.05, 3.63) is 229 Å². The predicted octanol–water partition coefficient (Wildman–Crippen LogP) is 16.4. The molecule has 0 spiro atoms. The van der Waals surface area contributed by atoms with Crippen molar-refractivity contribution in [1.29, 1.82) is 0 Å². The van der Waals surface area contributed by atoms with E-state index in [0.717, 1.165) is 72.4 Å². The van der Waals surface area contributed by atoms with E-state index in [1.165, 1.54) is 32.6 Å². The first kappa shape index (κ1) is 35.7. The number of furan rings is 1. The van der Waals surface area contributed by atoms with Crippen LogP contribution < -0.4 is 4.90 Å². The normalized spacial score (nSPS) is 11.9. The Morgan fingerprint density at radius 3 is 1.89 bits per heavy atom. The summed E-state index contributed by atoms with van der Waals surface area (Å²) in [6.45, 7) is 0. The van der Waals surface area contributed by atoms with Crippen LogP contribution in [0.2, 0.25) is 0 Å². The van der Waals surface area contributed by atoms with Crippen molar-refractivity contribution in [3.8, 4) is 27.9 Å². The first-order valence-electron chi connectivity index (χ1n) is 20.9. The van der Waals surface area contributed by atoms with E-state index in [4.69, 9.17) is 4.42 Å². The van der Waals surface area contributed by atoms with Crippen LogP contribution in [0.15, 0.2) is 217 Å². The Labute approximate surface area is 357 Å². The standard InChI is InChI=1S/C58H37FN2O/c59-51-36-43(39-14-5-1-6-15-39)35-50(40-16-7-2-8-17-40)58(51)60(44-19-9-3-10-20-44)46-29-32-49-48-30-25-38(34-54(48)62-55(49)37-46)24-26-41-28-33-53-57-47(41)31-27-42-18-13-23-52(56(42)57)61(53)45-21-11-4-12-22-45/h1-37H. The second-order valence-electron chi connectivity index (χ2n) is 15.8. The molecule has 0 saturated heterocycles. The Balaban J connectivity index is 0.948. The molecular weight excluding hydrogens is 760 g/mol. The molecule has 0 saturated carbocycles. The Hall–Kier alpha value is -8.21. The van der Waals surface area contributed by atoms with Gasteiger partial charge in [0.1, 0.15) is 17.0 Å². The summed E-state index contributed by atoms with van der Waals surface area (Å²) in [5.41, 5.74) is 12.9. The van der Waals surface area contributed by atoms with Gasteiger partial charge >= 0.3 is 0 Å². The lowest BCUT2D eigenvalue weighted by Gasteiger charge is -2.28. The Bertz CT molecular complexity index is 3630. The third kappa shape index (κ3) is 5.88. The van der Waals surface area contributed by atoms with Gasteiger partial charge in [0.25, 0.3) is 0 Å². The average molecular weight is 797 g/mol. The lowest BCUT2D eigenvalue weighted by molar-refractivity contribution is 0.629. The van der Waals surface area contributed by atoms with E-state index in [0.29, 0.717) is 5.69 Å². The number of nitrogens with zero attached hydrogens (tertiary/aromatic N) is 2. The van der Waals surface area contributed by atoms with Gasteiger partial charge in [-0.05, 0) is 111 Å². The van der Waals surface area contributed by atoms with Gasteiger partial charge in [0.2, 0.25) is 0 Å². The molecule has 0 N–H and O–H groups in total. The summed E-state index contributed by atoms with van der Waals surface area (Å²) in [6.07, 6.45) is 4.37. The van der Waals surface area contributed by atoms with Crippen LogP contribution in [-0.4, -0.2) is 4.57 Å². The third-order valence-corrected chi connectivity index (χ3v) is 12.2. The van der Waals surface area contributed by atoms with Gasteiger partial charge in [0.05, 0.1) is 22.4 Å². The SMILES string of the molecule is Fc1cc(-c2ccccc2)cc(-c2ccccc2)c1N(c1ccccc1)c1ccc2c(c1)oc1cc(C=Cc3ccc4c5c3ccc3cccc(c35)n4-c3ccccc3)ccc12. The maximum Gasteiger partial charge on any atom is 0.148 e. The molecule has 0 atom stereocenters. The Kier molecular flexibility index (Phi) is 8.36. The van der Waals surface area contributed by atoms with Gasteiger partial charge in [-0.1, -0.05) is 146 Å². The molecule has 12 aromatic rings. The lowest BCUT2D eigenvalue weighted by Crippen LogP contribution is -2.13. The number of aromatic nitrogens is 1. The van der Waals surface area contributed by atoms with Crippen LogP contribution in [0, 0.1) is 5.82 Å². The van der Waals surface area contributed by atoms with Crippen molar-refractivity contribution >= 4 is 83.7 Å². The number of rotatable bonds is 8. The molecule has 0 amide bonds. The maximum atomic E-state index is 17.0. The van der Waals surface area contributed by atoms with Crippen LogP contribution in [0.4, 0.5) is 21.5 Å². The van der Waals surface area contributed by atoms with Crippen LogP contribution in [-0.2, 0) is 0 Å². The minimum Gasteiger partial charge on any atom is -0.456 e. The fourth-order valence-corrected chi connectivity index (χ4v) is 9.37. The highest BCUT2D eigenvalue weighted by atomic mass is 19.1. The summed E-state index contributed by atoms with van der Waals surface area (Å²) in [7, 11) is 0.